The number of rotatable bonds is 1. The predicted molar refractivity (Wildman–Crippen MR) is 67.4 cm³/mol. The summed E-state index contributed by atoms with van der Waals surface area (Å²) in [6.45, 7) is 2.96. The maximum Gasteiger partial charge on any atom is 0.347 e. The number of hydrogen-bond acceptors (Lipinski definition) is 2. The Morgan fingerprint density at radius 1 is 1.62 bits per heavy atom. The van der Waals surface area contributed by atoms with Crippen molar-refractivity contribution in [3.8, 4) is 0 Å². The Labute approximate surface area is 99.0 Å². The smallest absolute Gasteiger partial charge is 0.347 e. The summed E-state index contributed by atoms with van der Waals surface area (Å²) in [6, 6.07) is 1.71. The van der Waals surface area contributed by atoms with Gasteiger partial charge < -0.3 is 4.90 Å². The van der Waals surface area contributed by atoms with E-state index in [-0.39, 0.29) is 6.03 Å². The monoisotopic (exact) mass is 237 g/mol. The van der Waals surface area contributed by atoms with Crippen molar-refractivity contribution >= 4 is 28.2 Å². The molecule has 2 heterocycles. The molecule has 86 valence electrons. The number of aliphatic imine (C=N–C) groups is 1. The molecule has 2 rings (SSSR count). The highest BCUT2D eigenvalue weighted by atomic mass is 32.1. The number of nitrogens with zero attached hydrogens (tertiary/aromatic N) is 2. The lowest BCUT2D eigenvalue weighted by Gasteiger charge is -2.10. The molecular weight excluding hydrogens is 222 g/mol. The molecule has 0 aromatic carbocycles. The number of amidine groups is 1. The molecule has 0 aliphatic carbocycles. The van der Waals surface area contributed by atoms with Gasteiger partial charge in [-0.25, -0.2) is 4.79 Å². The van der Waals surface area contributed by atoms with Crippen molar-refractivity contribution < 1.29 is 4.79 Å². The number of thiophene rings is 1. The summed E-state index contributed by atoms with van der Waals surface area (Å²) in [5.74, 6) is 0.881. The molecule has 1 saturated heterocycles. The van der Waals surface area contributed by atoms with Crippen molar-refractivity contribution in [3.05, 3.63) is 17.0 Å². The first kappa shape index (κ1) is 11.1. The van der Waals surface area contributed by atoms with E-state index in [4.69, 9.17) is 0 Å². The number of carbonyl (C=O) groups excluding carboxylic acids is 1. The molecule has 1 aromatic rings. The zero-order valence-electron chi connectivity index (χ0n) is 9.49. The summed E-state index contributed by atoms with van der Waals surface area (Å²) in [6.07, 6.45) is 1.98. The van der Waals surface area contributed by atoms with Gasteiger partial charge in [-0.15, -0.1) is 11.3 Å². The van der Waals surface area contributed by atoms with Crippen LogP contribution < -0.4 is 5.32 Å². The summed E-state index contributed by atoms with van der Waals surface area (Å²) in [5, 5.41) is 5.65. The zero-order chi connectivity index (χ0) is 11.5. The van der Waals surface area contributed by atoms with Crippen LogP contribution in [0.3, 0.4) is 0 Å². The summed E-state index contributed by atoms with van der Waals surface area (Å²) < 4.78 is 0. The number of carbonyl (C=O) groups is 1. The van der Waals surface area contributed by atoms with Crippen LogP contribution in [0.2, 0.25) is 0 Å². The number of anilines is 1. The minimum Gasteiger partial charge on any atom is -0.363 e. The maximum absolute atomic E-state index is 11.6. The molecule has 1 N–H and O–H groups in total. The topological polar surface area (TPSA) is 44.7 Å². The average Bonchev–Trinajstić information content (AvgIpc) is 2.79. The molecule has 16 heavy (non-hydrogen) atoms. The summed E-state index contributed by atoms with van der Waals surface area (Å²) in [4.78, 5) is 17.7. The van der Waals surface area contributed by atoms with Crippen LogP contribution in [0.15, 0.2) is 16.4 Å². The Kier molecular flexibility index (Phi) is 3.24. The molecule has 0 bridgehead atoms. The maximum atomic E-state index is 11.6. The summed E-state index contributed by atoms with van der Waals surface area (Å²) in [7, 11) is 1.97. The van der Waals surface area contributed by atoms with E-state index in [1.54, 1.807) is 0 Å². The molecule has 0 atom stereocenters. The molecule has 5 heteroatoms. The second kappa shape index (κ2) is 4.65. The highest BCUT2D eigenvalue weighted by molar-refractivity contribution is 7.14. The normalized spacial score (nSPS) is 18.1. The highest BCUT2D eigenvalue weighted by Crippen LogP contribution is 2.22. The van der Waals surface area contributed by atoms with Crippen molar-refractivity contribution in [3.63, 3.8) is 0 Å². The Morgan fingerprint density at radius 2 is 2.44 bits per heavy atom. The third-order valence-corrected chi connectivity index (χ3v) is 3.58. The van der Waals surface area contributed by atoms with Gasteiger partial charge in [-0.3, -0.25) is 5.32 Å². The second-order valence-corrected chi connectivity index (χ2v) is 4.83. The first-order chi connectivity index (χ1) is 7.66. The molecule has 1 aliphatic heterocycles. The number of aryl methyl sites for hydroxylation is 1. The van der Waals surface area contributed by atoms with Gasteiger partial charge in [0.2, 0.25) is 0 Å². The Balaban J connectivity index is 2.02. The van der Waals surface area contributed by atoms with Crippen LogP contribution in [-0.4, -0.2) is 30.4 Å². The average molecular weight is 237 g/mol. The van der Waals surface area contributed by atoms with E-state index in [1.807, 2.05) is 30.3 Å². The first-order valence-corrected chi connectivity index (χ1v) is 6.18. The van der Waals surface area contributed by atoms with Crippen LogP contribution in [0.1, 0.15) is 18.4 Å². The molecule has 2 amide bonds. The minimum absolute atomic E-state index is 0.269. The standard InChI is InChI=1S/C11H15N3OS/c1-8-5-7-16-10(8)13-11(15)12-9-4-3-6-14(9)2/h5,7H,3-4,6H2,1-2H3,(H,13,15). The van der Waals surface area contributed by atoms with Gasteiger partial charge in [0.25, 0.3) is 0 Å². The van der Waals surface area contributed by atoms with Gasteiger partial charge >= 0.3 is 6.03 Å². The molecule has 1 fully saturated rings. The Hall–Kier alpha value is -1.36. The lowest BCUT2D eigenvalue weighted by molar-refractivity contribution is 0.259. The summed E-state index contributed by atoms with van der Waals surface area (Å²) >= 11 is 1.52. The molecule has 4 nitrogen and oxygen atoms in total. The molecule has 0 radical (unpaired) electrons. The molecule has 1 aliphatic rings. The molecular formula is C11H15N3OS. The molecule has 0 spiro atoms. The quantitative estimate of drug-likeness (QED) is 0.816. The molecule has 1 aromatic heterocycles. The van der Waals surface area contributed by atoms with Gasteiger partial charge in [-0.2, -0.15) is 4.99 Å². The van der Waals surface area contributed by atoms with Gasteiger partial charge in [-0.05, 0) is 30.4 Å². The van der Waals surface area contributed by atoms with Crippen molar-refractivity contribution in [1.29, 1.82) is 0 Å². The van der Waals surface area contributed by atoms with E-state index in [0.29, 0.717) is 0 Å². The lowest BCUT2D eigenvalue weighted by Crippen LogP contribution is -2.21. The van der Waals surface area contributed by atoms with E-state index in [9.17, 15) is 4.79 Å². The highest BCUT2D eigenvalue weighted by Gasteiger charge is 2.15. The summed E-state index contributed by atoms with van der Waals surface area (Å²) in [5.41, 5.74) is 1.08. The van der Waals surface area contributed by atoms with Gasteiger partial charge in [0.15, 0.2) is 0 Å². The molecule has 0 saturated carbocycles. The van der Waals surface area contributed by atoms with Gasteiger partial charge in [0.1, 0.15) is 5.84 Å². The minimum atomic E-state index is -0.269. The zero-order valence-corrected chi connectivity index (χ0v) is 10.3. The Bertz CT molecular complexity index is 425. The van der Waals surface area contributed by atoms with Crippen molar-refractivity contribution in [2.45, 2.75) is 19.8 Å². The van der Waals surface area contributed by atoms with Gasteiger partial charge in [-0.1, -0.05) is 0 Å². The fourth-order valence-electron chi connectivity index (χ4n) is 1.68. The van der Waals surface area contributed by atoms with Crippen molar-refractivity contribution in [2.75, 3.05) is 18.9 Å². The van der Waals surface area contributed by atoms with E-state index in [0.717, 1.165) is 35.8 Å². The number of urea groups is 1. The SMILES string of the molecule is Cc1ccsc1NC(=O)N=C1CCCN1C. The number of likely N-dealkylation sites (tertiary alicyclic amines) is 1. The van der Waals surface area contributed by atoms with E-state index >= 15 is 0 Å². The Morgan fingerprint density at radius 3 is 3.00 bits per heavy atom. The van der Waals surface area contributed by atoms with Crippen LogP contribution in [0.4, 0.5) is 9.80 Å². The third kappa shape index (κ3) is 2.41. The van der Waals surface area contributed by atoms with Crippen LogP contribution >= 0.6 is 11.3 Å². The lowest BCUT2D eigenvalue weighted by atomic mass is 10.4. The van der Waals surface area contributed by atoms with E-state index < -0.39 is 0 Å². The number of hydrogen-bond donors (Lipinski definition) is 1. The fraction of sp³-hybridized carbons (Fsp3) is 0.455. The van der Waals surface area contributed by atoms with Gasteiger partial charge in [0.05, 0.1) is 5.00 Å². The molecule has 0 unspecified atom stereocenters. The van der Waals surface area contributed by atoms with Crippen LogP contribution in [0.5, 0.6) is 0 Å². The fourth-order valence-corrected chi connectivity index (χ4v) is 2.49. The van der Waals surface area contributed by atoms with E-state index in [1.165, 1.54) is 11.3 Å². The van der Waals surface area contributed by atoms with Crippen molar-refractivity contribution in [1.82, 2.24) is 4.90 Å². The van der Waals surface area contributed by atoms with E-state index in [2.05, 4.69) is 10.3 Å². The number of amides is 2. The van der Waals surface area contributed by atoms with Crippen LogP contribution in [0.25, 0.3) is 0 Å². The predicted octanol–water partition coefficient (Wildman–Crippen LogP) is 2.71. The largest absolute Gasteiger partial charge is 0.363 e. The van der Waals surface area contributed by atoms with Crippen LogP contribution in [0, 0.1) is 6.92 Å². The number of nitrogens with one attached hydrogen (secondary N) is 1. The van der Waals surface area contributed by atoms with Crippen molar-refractivity contribution in [2.24, 2.45) is 4.99 Å². The third-order valence-electron chi connectivity index (χ3n) is 2.65. The van der Waals surface area contributed by atoms with Gasteiger partial charge in [0, 0.05) is 20.0 Å². The van der Waals surface area contributed by atoms with Crippen LogP contribution in [-0.2, 0) is 0 Å². The second-order valence-electron chi connectivity index (χ2n) is 3.92. The first-order valence-electron chi connectivity index (χ1n) is 5.30.